The number of anilines is 1. The maximum Gasteiger partial charge on any atom is 0.174 e. The average molecular weight is 363 g/mol. The number of nitrogens with one attached hydrogen (secondary N) is 1. The van der Waals surface area contributed by atoms with Crippen LogP contribution in [0.15, 0.2) is 67.3 Å². The van der Waals surface area contributed by atoms with Gasteiger partial charge in [-0.1, -0.05) is 24.3 Å². The number of pyridine rings is 2. The zero-order valence-corrected chi connectivity index (χ0v) is 15.8. The third-order valence-electron chi connectivity index (χ3n) is 4.11. The summed E-state index contributed by atoms with van der Waals surface area (Å²) < 4.78 is 0. The molecule has 0 bridgehead atoms. The van der Waals surface area contributed by atoms with Gasteiger partial charge in [-0.15, -0.1) is 0 Å². The van der Waals surface area contributed by atoms with Gasteiger partial charge in [-0.25, -0.2) is 0 Å². The molecule has 0 atom stereocenters. The second-order valence-corrected chi connectivity index (χ2v) is 6.71. The molecule has 1 N–H and O–H groups in total. The van der Waals surface area contributed by atoms with Gasteiger partial charge >= 0.3 is 0 Å². The fraction of sp³-hybridized carbons (Fsp3) is 0.190. The first-order valence-corrected chi connectivity index (χ1v) is 8.93. The molecule has 0 aliphatic carbocycles. The zero-order valence-electron chi connectivity index (χ0n) is 15.0. The standard InChI is InChI=1S/C21H22N4S/c1-16-7-8-17(2)20(11-16)24-21(26)25(14-18-5-3-9-22-12-18)15-19-6-4-10-23-13-19/h3-13H,14-15H2,1-2H3,(H,24,26). The van der Waals surface area contributed by atoms with Crippen molar-refractivity contribution >= 4 is 23.0 Å². The third kappa shape index (κ3) is 4.86. The highest BCUT2D eigenvalue weighted by atomic mass is 32.1. The monoisotopic (exact) mass is 362 g/mol. The van der Waals surface area contributed by atoms with Crippen molar-refractivity contribution in [2.75, 3.05) is 5.32 Å². The van der Waals surface area contributed by atoms with Crippen LogP contribution in [0.2, 0.25) is 0 Å². The molecule has 0 fully saturated rings. The number of nitrogens with zero attached hydrogens (tertiary/aromatic N) is 3. The van der Waals surface area contributed by atoms with Crippen molar-refractivity contribution in [2.45, 2.75) is 26.9 Å². The molecule has 132 valence electrons. The van der Waals surface area contributed by atoms with E-state index >= 15 is 0 Å². The Labute approximate surface area is 159 Å². The van der Waals surface area contributed by atoms with Crippen molar-refractivity contribution in [3.8, 4) is 0 Å². The summed E-state index contributed by atoms with van der Waals surface area (Å²) in [6.45, 7) is 5.52. The number of aromatic nitrogens is 2. The molecule has 1 aromatic carbocycles. The van der Waals surface area contributed by atoms with E-state index in [0.29, 0.717) is 18.2 Å². The van der Waals surface area contributed by atoms with Crippen LogP contribution in [0.5, 0.6) is 0 Å². The van der Waals surface area contributed by atoms with Gasteiger partial charge in [0.15, 0.2) is 5.11 Å². The summed E-state index contributed by atoms with van der Waals surface area (Å²) >= 11 is 5.73. The fourth-order valence-electron chi connectivity index (χ4n) is 2.69. The molecule has 0 saturated heterocycles. The Morgan fingerprint density at radius 2 is 1.58 bits per heavy atom. The number of thiocarbonyl (C=S) groups is 1. The minimum absolute atomic E-state index is 0.680. The Balaban J connectivity index is 1.81. The van der Waals surface area contributed by atoms with Crippen molar-refractivity contribution in [3.63, 3.8) is 0 Å². The first kappa shape index (κ1) is 18.0. The lowest BCUT2D eigenvalue weighted by molar-refractivity contribution is 0.411. The van der Waals surface area contributed by atoms with Crippen molar-refractivity contribution in [1.82, 2.24) is 14.9 Å². The van der Waals surface area contributed by atoms with Crippen LogP contribution in [0.1, 0.15) is 22.3 Å². The van der Waals surface area contributed by atoms with Gasteiger partial charge in [0.05, 0.1) is 0 Å². The molecule has 5 heteroatoms. The number of benzene rings is 1. The predicted molar refractivity (Wildman–Crippen MR) is 110 cm³/mol. The van der Waals surface area contributed by atoms with E-state index in [0.717, 1.165) is 16.8 Å². The van der Waals surface area contributed by atoms with Gasteiger partial charge in [0, 0.05) is 43.6 Å². The second kappa shape index (κ2) is 8.54. The van der Waals surface area contributed by atoms with Crippen LogP contribution >= 0.6 is 12.2 Å². The largest absolute Gasteiger partial charge is 0.340 e. The smallest absolute Gasteiger partial charge is 0.174 e. The van der Waals surface area contributed by atoms with Gasteiger partial charge in [-0.2, -0.15) is 0 Å². The van der Waals surface area contributed by atoms with Crippen molar-refractivity contribution in [1.29, 1.82) is 0 Å². The van der Waals surface area contributed by atoms with E-state index in [-0.39, 0.29) is 0 Å². The van der Waals surface area contributed by atoms with E-state index < -0.39 is 0 Å². The molecule has 0 saturated carbocycles. The number of hydrogen-bond acceptors (Lipinski definition) is 3. The van der Waals surface area contributed by atoms with Gasteiger partial charge in [0.1, 0.15) is 0 Å². The van der Waals surface area contributed by atoms with Crippen LogP contribution in [-0.2, 0) is 13.1 Å². The van der Waals surface area contributed by atoms with Gasteiger partial charge in [-0.3, -0.25) is 9.97 Å². The van der Waals surface area contributed by atoms with E-state index in [1.165, 1.54) is 11.1 Å². The predicted octanol–water partition coefficient (Wildman–Crippen LogP) is 4.49. The molecule has 26 heavy (non-hydrogen) atoms. The van der Waals surface area contributed by atoms with Crippen molar-refractivity contribution in [2.24, 2.45) is 0 Å². The normalized spacial score (nSPS) is 10.4. The van der Waals surface area contributed by atoms with Gasteiger partial charge in [-0.05, 0) is 66.5 Å². The molecule has 2 heterocycles. The number of hydrogen-bond donors (Lipinski definition) is 1. The van der Waals surface area contributed by atoms with Crippen LogP contribution in [0.3, 0.4) is 0 Å². The average Bonchev–Trinajstić information content (AvgIpc) is 2.66. The summed E-state index contributed by atoms with van der Waals surface area (Å²) in [6, 6.07) is 14.3. The van der Waals surface area contributed by atoms with Crippen molar-refractivity contribution in [3.05, 3.63) is 89.5 Å². The van der Waals surface area contributed by atoms with Crippen LogP contribution < -0.4 is 5.32 Å². The molecule has 0 radical (unpaired) electrons. The third-order valence-corrected chi connectivity index (χ3v) is 4.47. The summed E-state index contributed by atoms with van der Waals surface area (Å²) in [5.74, 6) is 0. The quantitative estimate of drug-likeness (QED) is 0.677. The van der Waals surface area contributed by atoms with E-state index in [1.807, 2.05) is 24.5 Å². The maximum absolute atomic E-state index is 5.73. The lowest BCUT2D eigenvalue weighted by Gasteiger charge is -2.26. The van der Waals surface area contributed by atoms with Crippen LogP contribution in [0.4, 0.5) is 5.69 Å². The zero-order chi connectivity index (χ0) is 18.4. The Morgan fingerprint density at radius 3 is 2.12 bits per heavy atom. The Kier molecular flexibility index (Phi) is 5.92. The lowest BCUT2D eigenvalue weighted by Crippen LogP contribution is -2.34. The maximum atomic E-state index is 5.73. The molecule has 3 aromatic rings. The molecule has 3 rings (SSSR count). The second-order valence-electron chi connectivity index (χ2n) is 6.33. The van der Waals surface area contributed by atoms with Crippen LogP contribution in [-0.4, -0.2) is 20.0 Å². The lowest BCUT2D eigenvalue weighted by atomic mass is 10.1. The molecule has 0 aliphatic heterocycles. The molecule has 0 spiro atoms. The first-order chi connectivity index (χ1) is 12.6. The topological polar surface area (TPSA) is 41.0 Å². The van der Waals surface area contributed by atoms with Crippen molar-refractivity contribution < 1.29 is 0 Å². The number of aryl methyl sites for hydroxylation is 2. The highest BCUT2D eigenvalue weighted by molar-refractivity contribution is 7.80. The molecule has 0 aliphatic rings. The van der Waals surface area contributed by atoms with Gasteiger partial charge in [0.25, 0.3) is 0 Å². The highest BCUT2D eigenvalue weighted by Crippen LogP contribution is 2.18. The van der Waals surface area contributed by atoms with E-state index in [2.05, 4.69) is 64.4 Å². The summed E-state index contributed by atoms with van der Waals surface area (Å²) in [4.78, 5) is 10.6. The minimum Gasteiger partial charge on any atom is -0.340 e. The molecular weight excluding hydrogens is 340 g/mol. The van der Waals surface area contributed by atoms with Crippen LogP contribution in [0.25, 0.3) is 0 Å². The highest BCUT2D eigenvalue weighted by Gasteiger charge is 2.13. The Bertz CT molecular complexity index is 824. The molecular formula is C21H22N4S. The minimum atomic E-state index is 0.680. The molecule has 4 nitrogen and oxygen atoms in total. The molecule has 0 unspecified atom stereocenters. The van der Waals surface area contributed by atoms with Gasteiger partial charge in [0.2, 0.25) is 0 Å². The summed E-state index contributed by atoms with van der Waals surface area (Å²) in [5.41, 5.74) is 5.63. The van der Waals surface area contributed by atoms with Gasteiger partial charge < -0.3 is 10.2 Å². The van der Waals surface area contributed by atoms with E-state index in [1.54, 1.807) is 12.4 Å². The van der Waals surface area contributed by atoms with E-state index in [4.69, 9.17) is 12.2 Å². The van der Waals surface area contributed by atoms with Crippen LogP contribution in [0, 0.1) is 13.8 Å². The summed E-state index contributed by atoms with van der Waals surface area (Å²) in [7, 11) is 0. The molecule has 0 amide bonds. The summed E-state index contributed by atoms with van der Waals surface area (Å²) in [5, 5.41) is 4.09. The first-order valence-electron chi connectivity index (χ1n) is 8.53. The summed E-state index contributed by atoms with van der Waals surface area (Å²) in [6.07, 6.45) is 7.30. The fourth-order valence-corrected chi connectivity index (χ4v) is 2.93. The molecule has 2 aromatic heterocycles. The Hall–Kier alpha value is -2.79. The Morgan fingerprint density at radius 1 is 0.962 bits per heavy atom. The number of rotatable bonds is 5. The SMILES string of the molecule is Cc1ccc(C)c(NC(=S)N(Cc2cccnc2)Cc2cccnc2)c1. The van der Waals surface area contributed by atoms with E-state index in [9.17, 15) is 0 Å².